The van der Waals surface area contributed by atoms with Crippen molar-refractivity contribution in [2.45, 2.75) is 63.5 Å². The van der Waals surface area contributed by atoms with Gasteiger partial charge in [0.1, 0.15) is 0 Å². The van der Waals surface area contributed by atoms with E-state index in [-0.39, 0.29) is 5.41 Å². The Morgan fingerprint density at radius 2 is 1.82 bits per heavy atom. The van der Waals surface area contributed by atoms with Crippen LogP contribution in [0.2, 0.25) is 0 Å². The molecule has 0 saturated carbocycles. The van der Waals surface area contributed by atoms with Gasteiger partial charge in [-0.15, -0.1) is 11.8 Å². The van der Waals surface area contributed by atoms with Crippen LogP contribution in [0.15, 0.2) is 17.3 Å². The Hall–Kier alpha value is -0.370. The van der Waals surface area contributed by atoms with Crippen LogP contribution in [0.4, 0.5) is 0 Å². The molecule has 2 heteroatoms. The minimum absolute atomic E-state index is 0.235. The number of thioether (sulfide) groups is 1. The molecule has 1 aromatic rings. The SMILES string of the molecule is CCC(Sc1cn(C)cc1C(C)(C)C)C(C)C. The second kappa shape index (κ2) is 5.51. The van der Waals surface area contributed by atoms with Gasteiger partial charge >= 0.3 is 0 Å². The molecule has 0 amide bonds. The summed E-state index contributed by atoms with van der Waals surface area (Å²) in [6.07, 6.45) is 5.78. The molecule has 1 unspecified atom stereocenters. The van der Waals surface area contributed by atoms with Gasteiger partial charge in [-0.3, -0.25) is 0 Å². The van der Waals surface area contributed by atoms with E-state index in [1.807, 2.05) is 0 Å². The molecule has 0 saturated heterocycles. The van der Waals surface area contributed by atoms with Gasteiger partial charge in [0.15, 0.2) is 0 Å². The number of hydrogen-bond acceptors (Lipinski definition) is 1. The van der Waals surface area contributed by atoms with Crippen LogP contribution < -0.4 is 0 Å². The fourth-order valence-electron chi connectivity index (χ4n) is 2.07. The summed E-state index contributed by atoms with van der Waals surface area (Å²) >= 11 is 2.05. The molecular weight excluding hydrogens is 226 g/mol. The molecule has 1 heterocycles. The standard InChI is InChI=1S/C15H27NS/c1-8-13(11(2)3)17-14-10-16(7)9-12(14)15(4,5)6/h9-11,13H,8H2,1-7H3. The molecule has 0 aliphatic carbocycles. The van der Waals surface area contributed by atoms with Crippen LogP contribution in [0.1, 0.15) is 53.5 Å². The maximum absolute atomic E-state index is 2.32. The second-order valence-electron chi connectivity index (χ2n) is 6.26. The lowest BCUT2D eigenvalue weighted by atomic mass is 9.89. The topological polar surface area (TPSA) is 4.93 Å². The number of hydrogen-bond donors (Lipinski definition) is 0. The summed E-state index contributed by atoms with van der Waals surface area (Å²) in [5.41, 5.74) is 1.71. The average Bonchev–Trinajstić information content (AvgIpc) is 2.55. The van der Waals surface area contributed by atoms with Gasteiger partial charge in [-0.25, -0.2) is 0 Å². The highest BCUT2D eigenvalue weighted by molar-refractivity contribution is 8.00. The van der Waals surface area contributed by atoms with Gasteiger partial charge in [0.25, 0.3) is 0 Å². The summed E-state index contributed by atoms with van der Waals surface area (Å²) in [4.78, 5) is 1.46. The Labute approximate surface area is 111 Å². The molecular formula is C15H27NS. The zero-order chi connectivity index (χ0) is 13.2. The average molecular weight is 253 g/mol. The molecule has 0 N–H and O–H groups in total. The van der Waals surface area contributed by atoms with E-state index in [1.54, 1.807) is 0 Å². The number of rotatable bonds is 4. The van der Waals surface area contributed by atoms with Crippen molar-refractivity contribution in [2.75, 3.05) is 0 Å². The van der Waals surface area contributed by atoms with E-state index in [4.69, 9.17) is 0 Å². The van der Waals surface area contributed by atoms with Crippen molar-refractivity contribution in [3.05, 3.63) is 18.0 Å². The van der Waals surface area contributed by atoms with E-state index in [1.165, 1.54) is 16.9 Å². The van der Waals surface area contributed by atoms with Crippen molar-refractivity contribution in [1.29, 1.82) is 0 Å². The van der Waals surface area contributed by atoms with Gasteiger partial charge in [-0.1, -0.05) is 41.5 Å². The smallest absolute Gasteiger partial charge is 0.0289 e. The van der Waals surface area contributed by atoms with Gasteiger partial charge in [-0.2, -0.15) is 0 Å². The van der Waals surface area contributed by atoms with Crippen LogP contribution in [-0.4, -0.2) is 9.82 Å². The molecule has 1 rings (SSSR count). The Kier molecular flexibility index (Phi) is 4.77. The zero-order valence-electron chi connectivity index (χ0n) is 12.4. The summed E-state index contributed by atoms with van der Waals surface area (Å²) in [6.45, 7) is 13.8. The lowest BCUT2D eigenvalue weighted by Crippen LogP contribution is -2.14. The third kappa shape index (κ3) is 3.80. The molecule has 0 radical (unpaired) electrons. The highest BCUT2D eigenvalue weighted by atomic mass is 32.2. The highest BCUT2D eigenvalue weighted by Gasteiger charge is 2.22. The molecule has 1 atom stereocenters. The molecule has 17 heavy (non-hydrogen) atoms. The number of nitrogens with zero attached hydrogens (tertiary/aromatic N) is 1. The molecule has 0 aromatic carbocycles. The van der Waals surface area contributed by atoms with Crippen LogP contribution in [0.5, 0.6) is 0 Å². The summed E-state index contributed by atoms with van der Waals surface area (Å²) in [5, 5.41) is 0.721. The quantitative estimate of drug-likeness (QED) is 0.694. The zero-order valence-corrected chi connectivity index (χ0v) is 13.2. The molecule has 0 fully saturated rings. The van der Waals surface area contributed by atoms with Crippen molar-refractivity contribution in [1.82, 2.24) is 4.57 Å². The van der Waals surface area contributed by atoms with E-state index in [0.717, 1.165) is 11.2 Å². The Morgan fingerprint density at radius 3 is 2.24 bits per heavy atom. The minimum Gasteiger partial charge on any atom is -0.356 e. The molecule has 1 nitrogen and oxygen atoms in total. The van der Waals surface area contributed by atoms with Gasteiger partial charge in [0, 0.05) is 29.6 Å². The third-order valence-corrected chi connectivity index (χ3v) is 4.91. The Bertz CT molecular complexity index is 357. The van der Waals surface area contributed by atoms with Crippen LogP contribution in [0.25, 0.3) is 0 Å². The Balaban J connectivity index is 2.98. The Morgan fingerprint density at radius 1 is 1.24 bits per heavy atom. The molecule has 98 valence electrons. The summed E-state index contributed by atoms with van der Waals surface area (Å²) in [7, 11) is 2.12. The van der Waals surface area contributed by atoms with E-state index in [2.05, 4.69) is 77.3 Å². The van der Waals surface area contributed by atoms with Gasteiger partial charge in [0.2, 0.25) is 0 Å². The molecule has 0 bridgehead atoms. The van der Waals surface area contributed by atoms with Crippen molar-refractivity contribution < 1.29 is 0 Å². The lowest BCUT2D eigenvalue weighted by Gasteiger charge is -2.23. The molecule has 0 spiro atoms. The van der Waals surface area contributed by atoms with Crippen molar-refractivity contribution >= 4 is 11.8 Å². The molecule has 0 aliphatic heterocycles. The monoisotopic (exact) mass is 253 g/mol. The lowest BCUT2D eigenvalue weighted by molar-refractivity contribution is 0.574. The normalized spacial score (nSPS) is 14.4. The highest BCUT2D eigenvalue weighted by Crippen LogP contribution is 2.37. The van der Waals surface area contributed by atoms with Gasteiger partial charge in [-0.05, 0) is 23.3 Å². The number of aryl methyl sites for hydroxylation is 1. The molecule has 1 aromatic heterocycles. The van der Waals surface area contributed by atoms with Crippen molar-refractivity contribution in [3.8, 4) is 0 Å². The summed E-state index contributed by atoms with van der Waals surface area (Å²) in [6, 6.07) is 0. The first kappa shape index (κ1) is 14.7. The first-order chi connectivity index (χ1) is 7.75. The molecule has 0 aliphatic rings. The first-order valence-corrected chi connectivity index (χ1v) is 7.46. The summed E-state index contributed by atoms with van der Waals surface area (Å²) < 4.78 is 2.19. The fourth-order valence-corrected chi connectivity index (χ4v) is 3.55. The predicted molar refractivity (Wildman–Crippen MR) is 78.9 cm³/mol. The van der Waals surface area contributed by atoms with E-state index in [9.17, 15) is 0 Å². The van der Waals surface area contributed by atoms with Crippen LogP contribution in [0.3, 0.4) is 0 Å². The largest absolute Gasteiger partial charge is 0.356 e. The van der Waals surface area contributed by atoms with Crippen LogP contribution in [-0.2, 0) is 12.5 Å². The fraction of sp³-hybridized carbons (Fsp3) is 0.733. The van der Waals surface area contributed by atoms with Crippen LogP contribution in [0, 0.1) is 5.92 Å². The maximum Gasteiger partial charge on any atom is 0.0289 e. The maximum atomic E-state index is 2.32. The number of aromatic nitrogens is 1. The van der Waals surface area contributed by atoms with Gasteiger partial charge in [0.05, 0.1) is 0 Å². The predicted octanol–water partition coefficient (Wildman–Crippen LogP) is 4.85. The first-order valence-electron chi connectivity index (χ1n) is 6.58. The third-order valence-electron chi connectivity index (χ3n) is 3.15. The van der Waals surface area contributed by atoms with Crippen molar-refractivity contribution in [3.63, 3.8) is 0 Å². The minimum atomic E-state index is 0.235. The van der Waals surface area contributed by atoms with Gasteiger partial charge < -0.3 is 4.57 Å². The van der Waals surface area contributed by atoms with Crippen molar-refractivity contribution in [2.24, 2.45) is 13.0 Å². The van der Waals surface area contributed by atoms with Crippen LogP contribution >= 0.6 is 11.8 Å². The van der Waals surface area contributed by atoms with E-state index >= 15 is 0 Å². The van der Waals surface area contributed by atoms with E-state index < -0.39 is 0 Å². The summed E-state index contributed by atoms with van der Waals surface area (Å²) in [5.74, 6) is 0.734. The second-order valence-corrected chi connectivity index (χ2v) is 7.54. The van der Waals surface area contributed by atoms with E-state index in [0.29, 0.717) is 0 Å².